The number of rotatable bonds is 3. The average Bonchev–Trinajstić information content (AvgIpc) is 2.93. The van der Waals surface area contributed by atoms with Crippen molar-refractivity contribution in [2.75, 3.05) is 26.7 Å². The summed E-state index contributed by atoms with van der Waals surface area (Å²) in [6, 6.07) is 11.8. The third-order valence-corrected chi connectivity index (χ3v) is 4.59. The first-order chi connectivity index (χ1) is 11.1. The monoisotopic (exact) mass is 313 g/mol. The molecule has 1 aliphatic rings. The number of para-hydroxylation sites is 1. The molecule has 1 saturated heterocycles. The van der Waals surface area contributed by atoms with Crippen LogP contribution in [0.5, 0.6) is 5.75 Å². The number of piperazine rings is 1. The van der Waals surface area contributed by atoms with Gasteiger partial charge in [0.25, 0.3) is 5.91 Å². The summed E-state index contributed by atoms with van der Waals surface area (Å²) in [6.45, 7) is 4.23. The van der Waals surface area contributed by atoms with Gasteiger partial charge in [0.05, 0.1) is 13.2 Å². The molecule has 0 aliphatic carbocycles. The first kappa shape index (κ1) is 15.6. The SMILES string of the molecule is COc1ccccc1C1CNCCN1C(=O)c1ccc(C)n1C. The van der Waals surface area contributed by atoms with Gasteiger partial charge in [-0.05, 0) is 25.1 Å². The van der Waals surface area contributed by atoms with Crippen LogP contribution in [0.3, 0.4) is 0 Å². The van der Waals surface area contributed by atoms with Crippen molar-refractivity contribution in [3.05, 3.63) is 53.3 Å². The van der Waals surface area contributed by atoms with E-state index in [-0.39, 0.29) is 11.9 Å². The van der Waals surface area contributed by atoms with Crippen LogP contribution in [0.15, 0.2) is 36.4 Å². The molecule has 1 aliphatic heterocycles. The quantitative estimate of drug-likeness (QED) is 0.944. The molecule has 0 saturated carbocycles. The second-order valence-electron chi connectivity index (χ2n) is 5.88. The molecule has 2 heterocycles. The zero-order chi connectivity index (χ0) is 16.4. The molecule has 1 aromatic carbocycles. The largest absolute Gasteiger partial charge is 0.496 e. The molecular weight excluding hydrogens is 290 g/mol. The summed E-state index contributed by atoms with van der Waals surface area (Å²) in [5, 5.41) is 3.38. The molecule has 2 aromatic rings. The maximum atomic E-state index is 13.1. The van der Waals surface area contributed by atoms with Gasteiger partial charge in [0, 0.05) is 37.9 Å². The summed E-state index contributed by atoms with van der Waals surface area (Å²) in [7, 11) is 3.60. The Bertz CT molecular complexity index is 708. The summed E-state index contributed by atoms with van der Waals surface area (Å²) in [4.78, 5) is 15.0. The lowest BCUT2D eigenvalue weighted by Crippen LogP contribution is -2.49. The molecule has 122 valence electrons. The Kier molecular flexibility index (Phi) is 4.39. The predicted octanol–water partition coefficient (Wildman–Crippen LogP) is 2.13. The minimum Gasteiger partial charge on any atom is -0.496 e. The van der Waals surface area contributed by atoms with E-state index in [1.807, 2.05) is 59.8 Å². The van der Waals surface area contributed by atoms with Gasteiger partial charge >= 0.3 is 0 Å². The normalized spacial score (nSPS) is 18.0. The fourth-order valence-corrected chi connectivity index (χ4v) is 3.14. The zero-order valence-corrected chi connectivity index (χ0v) is 13.9. The van der Waals surface area contributed by atoms with Crippen LogP contribution in [0.25, 0.3) is 0 Å². The number of nitrogens with zero attached hydrogens (tertiary/aromatic N) is 2. The van der Waals surface area contributed by atoms with Gasteiger partial charge in [-0.1, -0.05) is 18.2 Å². The molecule has 1 fully saturated rings. The van der Waals surface area contributed by atoms with E-state index >= 15 is 0 Å². The number of carbonyl (C=O) groups excluding carboxylic acids is 1. The number of aromatic nitrogens is 1. The number of hydrogen-bond donors (Lipinski definition) is 1. The molecule has 3 rings (SSSR count). The van der Waals surface area contributed by atoms with Crippen LogP contribution in [0, 0.1) is 6.92 Å². The van der Waals surface area contributed by atoms with Gasteiger partial charge in [-0.2, -0.15) is 0 Å². The van der Waals surface area contributed by atoms with Crippen LogP contribution < -0.4 is 10.1 Å². The maximum absolute atomic E-state index is 13.1. The highest BCUT2D eigenvalue weighted by Gasteiger charge is 2.31. The summed E-state index contributed by atoms with van der Waals surface area (Å²) >= 11 is 0. The smallest absolute Gasteiger partial charge is 0.271 e. The molecule has 5 nitrogen and oxygen atoms in total. The number of methoxy groups -OCH3 is 1. The van der Waals surface area contributed by atoms with Gasteiger partial charge in [0.15, 0.2) is 0 Å². The molecule has 23 heavy (non-hydrogen) atoms. The highest BCUT2D eigenvalue weighted by molar-refractivity contribution is 5.93. The summed E-state index contributed by atoms with van der Waals surface area (Å²) < 4.78 is 7.44. The minimum atomic E-state index is -0.0254. The number of ether oxygens (including phenoxy) is 1. The van der Waals surface area contributed by atoms with Crippen molar-refractivity contribution < 1.29 is 9.53 Å². The number of amides is 1. The van der Waals surface area contributed by atoms with E-state index in [0.717, 1.165) is 35.8 Å². The van der Waals surface area contributed by atoms with Crippen molar-refractivity contribution in [2.24, 2.45) is 7.05 Å². The Hall–Kier alpha value is -2.27. The molecular formula is C18H23N3O2. The topological polar surface area (TPSA) is 46.5 Å². The lowest BCUT2D eigenvalue weighted by atomic mass is 10.0. The van der Waals surface area contributed by atoms with Crippen molar-refractivity contribution in [2.45, 2.75) is 13.0 Å². The number of hydrogen-bond acceptors (Lipinski definition) is 3. The number of nitrogens with one attached hydrogen (secondary N) is 1. The molecule has 0 spiro atoms. The van der Waals surface area contributed by atoms with Crippen LogP contribution in [-0.2, 0) is 7.05 Å². The van der Waals surface area contributed by atoms with Gasteiger partial charge in [-0.25, -0.2) is 0 Å². The van der Waals surface area contributed by atoms with Crippen LogP contribution >= 0.6 is 0 Å². The van der Waals surface area contributed by atoms with Gasteiger partial charge in [-0.3, -0.25) is 4.79 Å². The summed E-state index contributed by atoms with van der Waals surface area (Å²) in [6.07, 6.45) is 0. The average molecular weight is 313 g/mol. The van der Waals surface area contributed by atoms with E-state index in [4.69, 9.17) is 4.74 Å². The third-order valence-electron chi connectivity index (χ3n) is 4.59. The zero-order valence-electron chi connectivity index (χ0n) is 13.9. The number of aryl methyl sites for hydroxylation is 1. The fraction of sp³-hybridized carbons (Fsp3) is 0.389. The van der Waals surface area contributed by atoms with E-state index in [1.54, 1.807) is 7.11 Å². The van der Waals surface area contributed by atoms with E-state index in [2.05, 4.69) is 5.32 Å². The molecule has 1 atom stereocenters. The Labute approximate surface area is 136 Å². The van der Waals surface area contributed by atoms with Crippen molar-refractivity contribution in [1.82, 2.24) is 14.8 Å². The van der Waals surface area contributed by atoms with E-state index in [9.17, 15) is 4.79 Å². The van der Waals surface area contributed by atoms with Crippen molar-refractivity contribution >= 4 is 5.91 Å². The first-order valence-corrected chi connectivity index (χ1v) is 7.90. The Morgan fingerprint density at radius 1 is 1.26 bits per heavy atom. The second-order valence-corrected chi connectivity index (χ2v) is 5.88. The Morgan fingerprint density at radius 2 is 2.04 bits per heavy atom. The van der Waals surface area contributed by atoms with Gasteiger partial charge < -0.3 is 19.5 Å². The lowest BCUT2D eigenvalue weighted by Gasteiger charge is -2.37. The number of benzene rings is 1. The molecule has 1 aromatic heterocycles. The molecule has 5 heteroatoms. The molecule has 0 radical (unpaired) electrons. The molecule has 0 bridgehead atoms. The lowest BCUT2D eigenvalue weighted by molar-refractivity contribution is 0.0621. The summed E-state index contributed by atoms with van der Waals surface area (Å²) in [5.74, 6) is 0.889. The third kappa shape index (κ3) is 2.84. The highest BCUT2D eigenvalue weighted by Crippen LogP contribution is 2.31. The van der Waals surface area contributed by atoms with E-state index in [0.29, 0.717) is 6.54 Å². The predicted molar refractivity (Wildman–Crippen MR) is 89.8 cm³/mol. The van der Waals surface area contributed by atoms with Crippen molar-refractivity contribution in [3.8, 4) is 5.75 Å². The van der Waals surface area contributed by atoms with Gasteiger partial charge in [0.2, 0.25) is 0 Å². The summed E-state index contributed by atoms with van der Waals surface area (Å²) in [5.41, 5.74) is 2.85. The van der Waals surface area contributed by atoms with Crippen molar-refractivity contribution in [1.29, 1.82) is 0 Å². The highest BCUT2D eigenvalue weighted by atomic mass is 16.5. The van der Waals surface area contributed by atoms with Crippen LogP contribution in [-0.4, -0.2) is 42.1 Å². The van der Waals surface area contributed by atoms with Crippen LogP contribution in [0.4, 0.5) is 0 Å². The van der Waals surface area contributed by atoms with Crippen LogP contribution in [0.2, 0.25) is 0 Å². The second kappa shape index (κ2) is 6.46. The first-order valence-electron chi connectivity index (χ1n) is 7.90. The molecule has 1 unspecified atom stereocenters. The Morgan fingerprint density at radius 3 is 2.74 bits per heavy atom. The van der Waals surface area contributed by atoms with E-state index in [1.165, 1.54) is 0 Å². The van der Waals surface area contributed by atoms with Crippen molar-refractivity contribution in [3.63, 3.8) is 0 Å². The Balaban J connectivity index is 1.96. The van der Waals surface area contributed by atoms with Gasteiger partial charge in [-0.15, -0.1) is 0 Å². The van der Waals surface area contributed by atoms with Gasteiger partial charge in [0.1, 0.15) is 11.4 Å². The van der Waals surface area contributed by atoms with E-state index < -0.39 is 0 Å². The fourth-order valence-electron chi connectivity index (χ4n) is 3.14. The van der Waals surface area contributed by atoms with Crippen LogP contribution in [0.1, 0.15) is 27.8 Å². The maximum Gasteiger partial charge on any atom is 0.271 e. The molecule has 1 amide bonds. The standard InChI is InChI=1S/C18H23N3O2/c1-13-8-9-15(20(13)2)18(22)21-11-10-19-12-16(21)14-6-4-5-7-17(14)23-3/h4-9,16,19H,10-12H2,1-3H3. The minimum absolute atomic E-state index is 0.0254. The molecule has 1 N–H and O–H groups in total. The number of carbonyl (C=O) groups is 1.